The highest BCUT2D eigenvalue weighted by Gasteiger charge is 1.97. The quantitative estimate of drug-likeness (QED) is 0.435. The second kappa shape index (κ2) is 5.44. The highest BCUT2D eigenvalue weighted by molar-refractivity contribution is 8.13. The second-order valence-electron chi connectivity index (χ2n) is 2.53. The van der Waals surface area contributed by atoms with Gasteiger partial charge < -0.3 is 4.42 Å². The predicted octanol–water partition coefficient (Wildman–Crippen LogP) is 2.98. The van der Waals surface area contributed by atoms with Crippen LogP contribution < -0.4 is 0 Å². The molecule has 74 valence electrons. The first-order valence-electron chi connectivity index (χ1n) is 4.07. The van der Waals surface area contributed by atoms with Gasteiger partial charge in [-0.15, -0.1) is 11.8 Å². The minimum absolute atomic E-state index is 0.526. The van der Waals surface area contributed by atoms with Crippen molar-refractivity contribution in [3.05, 3.63) is 37.2 Å². The Morgan fingerprint density at radius 2 is 2.50 bits per heavy atom. The molecule has 0 saturated carbocycles. The first kappa shape index (κ1) is 10.8. The van der Waals surface area contributed by atoms with Crippen LogP contribution in [-0.4, -0.2) is 16.3 Å². The monoisotopic (exact) mass is 208 g/mol. The first-order chi connectivity index (χ1) is 6.74. The van der Waals surface area contributed by atoms with E-state index in [0.717, 1.165) is 5.04 Å². The van der Waals surface area contributed by atoms with Crippen LogP contribution in [0.4, 0.5) is 0 Å². The van der Waals surface area contributed by atoms with Crippen LogP contribution >= 0.6 is 11.8 Å². The zero-order valence-corrected chi connectivity index (χ0v) is 9.04. The Bertz CT molecular complexity index is 352. The van der Waals surface area contributed by atoms with E-state index >= 15 is 0 Å². The maximum Gasteiger partial charge on any atom is 0.225 e. The van der Waals surface area contributed by atoms with Crippen LogP contribution in [0.1, 0.15) is 12.8 Å². The molecule has 0 unspecified atom stereocenters. The molecule has 1 rings (SSSR count). The van der Waals surface area contributed by atoms with Crippen LogP contribution in [0.3, 0.4) is 0 Å². The number of rotatable bonds is 3. The van der Waals surface area contributed by atoms with Gasteiger partial charge in [0.2, 0.25) is 5.89 Å². The summed E-state index contributed by atoms with van der Waals surface area (Å²) in [7, 11) is 0. The Hall–Kier alpha value is -1.29. The zero-order chi connectivity index (χ0) is 10.4. The number of aliphatic imine (C=N–C) groups is 1. The average Bonchev–Trinajstić information content (AvgIpc) is 2.70. The molecular formula is C10H12N2OS. The van der Waals surface area contributed by atoms with Crippen molar-refractivity contribution in [2.75, 3.05) is 6.26 Å². The van der Waals surface area contributed by atoms with Crippen molar-refractivity contribution in [3.63, 3.8) is 0 Å². The molecule has 1 aromatic rings. The fourth-order valence-corrected chi connectivity index (χ4v) is 0.904. The van der Waals surface area contributed by atoms with Gasteiger partial charge in [0.15, 0.2) is 0 Å². The van der Waals surface area contributed by atoms with Gasteiger partial charge in [-0.05, 0) is 19.3 Å². The number of allylic oxidation sites excluding steroid dienone is 2. The van der Waals surface area contributed by atoms with Crippen molar-refractivity contribution in [3.8, 4) is 0 Å². The van der Waals surface area contributed by atoms with E-state index in [1.54, 1.807) is 30.2 Å². The van der Waals surface area contributed by atoms with E-state index in [0.29, 0.717) is 11.5 Å². The summed E-state index contributed by atoms with van der Waals surface area (Å²) in [6.45, 7) is 5.75. The summed E-state index contributed by atoms with van der Waals surface area (Å²) in [5.41, 5.74) is 0.715. The SMILES string of the molecule is C=C(/C=C/N=C(/C)SC)c1ncco1. The summed E-state index contributed by atoms with van der Waals surface area (Å²) in [6, 6.07) is 0. The Labute approximate surface area is 87.6 Å². The Morgan fingerprint density at radius 1 is 1.71 bits per heavy atom. The van der Waals surface area contributed by atoms with Crippen LogP contribution in [0, 0.1) is 0 Å². The van der Waals surface area contributed by atoms with E-state index < -0.39 is 0 Å². The van der Waals surface area contributed by atoms with Crippen molar-refractivity contribution in [2.24, 2.45) is 4.99 Å². The van der Waals surface area contributed by atoms with Crippen molar-refractivity contribution < 1.29 is 4.42 Å². The van der Waals surface area contributed by atoms with E-state index in [1.807, 2.05) is 13.2 Å². The summed E-state index contributed by atoms with van der Waals surface area (Å²) >= 11 is 1.60. The van der Waals surface area contributed by atoms with E-state index in [-0.39, 0.29) is 0 Å². The molecule has 0 radical (unpaired) electrons. The van der Waals surface area contributed by atoms with Gasteiger partial charge in [0, 0.05) is 11.8 Å². The van der Waals surface area contributed by atoms with Gasteiger partial charge >= 0.3 is 0 Å². The number of hydrogen-bond donors (Lipinski definition) is 0. The van der Waals surface area contributed by atoms with Gasteiger partial charge in [-0.25, -0.2) is 4.98 Å². The molecular weight excluding hydrogens is 196 g/mol. The first-order valence-corrected chi connectivity index (χ1v) is 5.30. The van der Waals surface area contributed by atoms with E-state index in [2.05, 4.69) is 16.6 Å². The van der Waals surface area contributed by atoms with Crippen LogP contribution in [0.5, 0.6) is 0 Å². The molecule has 14 heavy (non-hydrogen) atoms. The molecule has 0 spiro atoms. The maximum atomic E-state index is 5.06. The topological polar surface area (TPSA) is 38.4 Å². The van der Waals surface area contributed by atoms with E-state index in [9.17, 15) is 0 Å². The smallest absolute Gasteiger partial charge is 0.225 e. The van der Waals surface area contributed by atoms with Gasteiger partial charge in [0.25, 0.3) is 0 Å². The Kier molecular flexibility index (Phi) is 4.19. The number of nitrogens with zero attached hydrogens (tertiary/aromatic N) is 2. The third kappa shape index (κ3) is 3.22. The minimum Gasteiger partial charge on any atom is -0.445 e. The zero-order valence-electron chi connectivity index (χ0n) is 8.23. The number of oxazole rings is 1. The van der Waals surface area contributed by atoms with Crippen molar-refractivity contribution in [2.45, 2.75) is 6.92 Å². The van der Waals surface area contributed by atoms with Crippen molar-refractivity contribution in [1.29, 1.82) is 0 Å². The van der Waals surface area contributed by atoms with Crippen molar-refractivity contribution >= 4 is 22.4 Å². The van der Waals surface area contributed by atoms with Gasteiger partial charge in [0.05, 0.1) is 11.2 Å². The second-order valence-corrected chi connectivity index (χ2v) is 3.53. The lowest BCUT2D eigenvalue weighted by Crippen LogP contribution is -1.79. The highest BCUT2D eigenvalue weighted by atomic mass is 32.2. The van der Waals surface area contributed by atoms with E-state index in [1.165, 1.54) is 6.26 Å². The van der Waals surface area contributed by atoms with Crippen LogP contribution in [-0.2, 0) is 0 Å². The fraction of sp³-hybridized carbons (Fsp3) is 0.200. The molecule has 3 nitrogen and oxygen atoms in total. The highest BCUT2D eigenvalue weighted by Crippen LogP contribution is 2.10. The number of aromatic nitrogens is 1. The molecule has 0 amide bonds. The van der Waals surface area contributed by atoms with E-state index in [4.69, 9.17) is 4.42 Å². The molecule has 0 aliphatic rings. The molecule has 0 fully saturated rings. The normalized spacial score (nSPS) is 12.3. The molecule has 0 aliphatic heterocycles. The lowest BCUT2D eigenvalue weighted by Gasteiger charge is -1.91. The standard InChI is InChI=1S/C10H12N2OS/c1-8(10-12-6-7-13-10)4-5-11-9(2)14-3/h4-7H,1H2,2-3H3/b5-4+,11-9-. The minimum atomic E-state index is 0.526. The Balaban J connectivity index is 2.58. The summed E-state index contributed by atoms with van der Waals surface area (Å²) in [5, 5.41) is 1.00. The molecule has 0 aliphatic carbocycles. The third-order valence-corrected chi connectivity index (χ3v) is 2.23. The largest absolute Gasteiger partial charge is 0.445 e. The molecule has 1 aromatic heterocycles. The summed E-state index contributed by atoms with van der Waals surface area (Å²) in [5.74, 6) is 0.526. The third-order valence-electron chi connectivity index (χ3n) is 1.53. The average molecular weight is 208 g/mol. The molecule has 1 heterocycles. The molecule has 0 aromatic carbocycles. The van der Waals surface area contributed by atoms with Crippen LogP contribution in [0.2, 0.25) is 0 Å². The fourth-order valence-electron chi connectivity index (χ4n) is 0.738. The lowest BCUT2D eigenvalue weighted by atomic mass is 10.3. The Morgan fingerprint density at radius 3 is 3.07 bits per heavy atom. The summed E-state index contributed by atoms with van der Waals surface area (Å²) in [4.78, 5) is 8.12. The number of thioether (sulfide) groups is 1. The molecule has 0 atom stereocenters. The van der Waals surface area contributed by atoms with Gasteiger partial charge in [-0.2, -0.15) is 0 Å². The molecule has 4 heteroatoms. The van der Waals surface area contributed by atoms with Crippen molar-refractivity contribution in [1.82, 2.24) is 4.98 Å². The summed E-state index contributed by atoms with van der Waals surface area (Å²) < 4.78 is 5.06. The van der Waals surface area contributed by atoms with Gasteiger partial charge in [-0.3, -0.25) is 4.99 Å². The van der Waals surface area contributed by atoms with Crippen LogP contribution in [0.25, 0.3) is 5.57 Å². The molecule has 0 bridgehead atoms. The molecule has 0 N–H and O–H groups in total. The maximum absolute atomic E-state index is 5.06. The predicted molar refractivity (Wildman–Crippen MR) is 61.3 cm³/mol. The lowest BCUT2D eigenvalue weighted by molar-refractivity contribution is 0.543. The molecule has 0 saturated heterocycles. The summed E-state index contributed by atoms with van der Waals surface area (Å²) in [6.07, 6.45) is 8.55. The van der Waals surface area contributed by atoms with Gasteiger partial charge in [-0.1, -0.05) is 6.58 Å². The number of hydrogen-bond acceptors (Lipinski definition) is 4. The van der Waals surface area contributed by atoms with Gasteiger partial charge in [0.1, 0.15) is 6.26 Å². The van der Waals surface area contributed by atoms with Crippen LogP contribution in [0.15, 0.2) is 40.7 Å².